The van der Waals surface area contributed by atoms with Crippen molar-refractivity contribution in [2.45, 2.75) is 39.2 Å². The van der Waals surface area contributed by atoms with E-state index in [0.717, 1.165) is 12.8 Å². The van der Waals surface area contributed by atoms with Gasteiger partial charge >= 0.3 is 0 Å². The molecular weight excluding hydrogens is 254 g/mol. The predicted octanol–water partition coefficient (Wildman–Crippen LogP) is 2.17. The molecule has 0 radical (unpaired) electrons. The highest BCUT2D eigenvalue weighted by Gasteiger charge is 2.18. The van der Waals surface area contributed by atoms with Crippen LogP contribution in [0.25, 0.3) is 11.0 Å². The average molecular weight is 273 g/mol. The number of hydrogen-bond donors (Lipinski definition) is 2. The van der Waals surface area contributed by atoms with Crippen molar-refractivity contribution in [2.75, 3.05) is 11.1 Å². The van der Waals surface area contributed by atoms with Gasteiger partial charge in [0.05, 0.1) is 11.6 Å². The molecule has 0 aliphatic carbocycles. The molecule has 2 aromatic rings. The Labute approximate surface area is 117 Å². The highest BCUT2D eigenvalue weighted by molar-refractivity contribution is 5.91. The van der Waals surface area contributed by atoms with Gasteiger partial charge in [-0.2, -0.15) is 4.98 Å². The van der Waals surface area contributed by atoms with Crippen LogP contribution in [0, 0.1) is 0 Å². The molecule has 0 aromatic carbocycles. The average Bonchev–Trinajstić information content (AvgIpc) is 2.45. The minimum absolute atomic E-state index is 0.160. The molecule has 0 aliphatic heterocycles. The third-order valence-electron chi connectivity index (χ3n) is 3.10. The molecule has 3 N–H and O–H groups in total. The number of anilines is 2. The molecule has 0 saturated heterocycles. The summed E-state index contributed by atoms with van der Waals surface area (Å²) < 4.78 is 0. The molecule has 1 atom stereocenters. The highest BCUT2D eigenvalue weighted by atomic mass is 16.1. The Morgan fingerprint density at radius 1 is 1.40 bits per heavy atom. The van der Waals surface area contributed by atoms with Crippen LogP contribution in [0.15, 0.2) is 18.3 Å². The van der Waals surface area contributed by atoms with Gasteiger partial charge in [0.25, 0.3) is 0 Å². The summed E-state index contributed by atoms with van der Waals surface area (Å²) in [7, 11) is 0. The Morgan fingerprint density at radius 2 is 2.20 bits per heavy atom. The van der Waals surface area contributed by atoms with Crippen molar-refractivity contribution < 1.29 is 4.79 Å². The standard InChI is InChI=1S/C14H19N5O/c1-3-6-9(11(20)4-2)17-13-12-10(7-5-8-16-12)18-14(15)19-13/h5,7-9H,3-4,6H2,1-2H3,(H3,15,17,18,19)/t9-/m0/s1. The van der Waals surface area contributed by atoms with Crippen LogP contribution in [0.4, 0.5) is 11.8 Å². The molecule has 6 nitrogen and oxygen atoms in total. The molecule has 20 heavy (non-hydrogen) atoms. The summed E-state index contributed by atoms with van der Waals surface area (Å²) in [6.07, 6.45) is 3.83. The largest absolute Gasteiger partial charge is 0.368 e. The van der Waals surface area contributed by atoms with Gasteiger partial charge in [0.1, 0.15) is 5.52 Å². The molecular formula is C14H19N5O. The Morgan fingerprint density at radius 3 is 2.90 bits per heavy atom. The molecule has 2 aromatic heterocycles. The first-order chi connectivity index (χ1) is 9.65. The van der Waals surface area contributed by atoms with Gasteiger partial charge < -0.3 is 11.1 Å². The molecule has 106 valence electrons. The van der Waals surface area contributed by atoms with Crippen LogP contribution in [-0.4, -0.2) is 26.8 Å². The maximum Gasteiger partial charge on any atom is 0.222 e. The second-order valence-corrected chi connectivity index (χ2v) is 4.61. The van der Waals surface area contributed by atoms with E-state index in [1.807, 2.05) is 19.9 Å². The van der Waals surface area contributed by atoms with Crippen LogP contribution in [0.5, 0.6) is 0 Å². The van der Waals surface area contributed by atoms with E-state index >= 15 is 0 Å². The SMILES string of the molecule is CCC[C@H](Nc1nc(N)nc2cccnc12)C(=O)CC. The topological polar surface area (TPSA) is 93.8 Å². The van der Waals surface area contributed by atoms with Gasteiger partial charge in [-0.05, 0) is 18.6 Å². The van der Waals surface area contributed by atoms with Gasteiger partial charge in [0.2, 0.25) is 5.95 Å². The zero-order valence-electron chi connectivity index (χ0n) is 11.8. The fourth-order valence-corrected chi connectivity index (χ4v) is 2.10. The molecule has 0 aliphatic rings. The number of carbonyl (C=O) groups excluding carboxylic acids is 1. The molecule has 0 saturated carbocycles. The lowest BCUT2D eigenvalue weighted by Gasteiger charge is -2.17. The number of ketones is 1. The number of nitrogens with two attached hydrogens (primary N) is 1. The minimum Gasteiger partial charge on any atom is -0.368 e. The number of rotatable bonds is 6. The number of carbonyl (C=O) groups is 1. The van der Waals surface area contributed by atoms with Crippen LogP contribution >= 0.6 is 0 Å². The number of Topliss-reactive ketones (excluding diaryl/α,β-unsaturated/α-hetero) is 1. The monoisotopic (exact) mass is 273 g/mol. The molecule has 0 fully saturated rings. The van der Waals surface area contributed by atoms with Crippen molar-refractivity contribution in [2.24, 2.45) is 0 Å². The minimum atomic E-state index is -0.260. The van der Waals surface area contributed by atoms with Gasteiger partial charge in [-0.25, -0.2) is 4.98 Å². The lowest BCUT2D eigenvalue weighted by Crippen LogP contribution is -2.29. The number of pyridine rings is 1. The first kappa shape index (κ1) is 14.2. The van der Waals surface area contributed by atoms with Crippen molar-refractivity contribution in [3.05, 3.63) is 18.3 Å². The van der Waals surface area contributed by atoms with Gasteiger partial charge in [0.15, 0.2) is 11.6 Å². The van der Waals surface area contributed by atoms with Crippen molar-refractivity contribution in [3.8, 4) is 0 Å². The number of nitrogen functional groups attached to an aromatic ring is 1. The van der Waals surface area contributed by atoms with Crippen molar-refractivity contribution >= 4 is 28.6 Å². The fraction of sp³-hybridized carbons (Fsp3) is 0.429. The van der Waals surface area contributed by atoms with E-state index in [4.69, 9.17) is 5.73 Å². The van der Waals surface area contributed by atoms with Crippen molar-refractivity contribution in [3.63, 3.8) is 0 Å². The number of hydrogen-bond acceptors (Lipinski definition) is 6. The zero-order valence-corrected chi connectivity index (χ0v) is 11.8. The quantitative estimate of drug-likeness (QED) is 0.837. The van der Waals surface area contributed by atoms with Crippen LogP contribution in [-0.2, 0) is 4.79 Å². The first-order valence-electron chi connectivity index (χ1n) is 6.83. The Kier molecular flexibility index (Phi) is 4.45. The number of nitrogens with one attached hydrogen (secondary N) is 1. The summed E-state index contributed by atoms with van der Waals surface area (Å²) >= 11 is 0. The molecule has 2 rings (SSSR count). The van der Waals surface area contributed by atoms with E-state index in [0.29, 0.717) is 23.3 Å². The molecule has 0 bridgehead atoms. The second-order valence-electron chi connectivity index (χ2n) is 4.61. The van der Waals surface area contributed by atoms with E-state index < -0.39 is 0 Å². The summed E-state index contributed by atoms with van der Waals surface area (Å²) in [6, 6.07) is 3.35. The lowest BCUT2D eigenvalue weighted by atomic mass is 10.1. The van der Waals surface area contributed by atoms with Crippen LogP contribution in [0.1, 0.15) is 33.1 Å². The normalized spacial score (nSPS) is 12.3. The summed E-state index contributed by atoms with van der Waals surface area (Å²) in [5.74, 6) is 0.855. The maximum absolute atomic E-state index is 12.0. The zero-order chi connectivity index (χ0) is 14.5. The Bertz CT molecular complexity index is 614. The smallest absolute Gasteiger partial charge is 0.222 e. The summed E-state index contributed by atoms with van der Waals surface area (Å²) in [5, 5.41) is 3.17. The lowest BCUT2D eigenvalue weighted by molar-refractivity contribution is -0.119. The predicted molar refractivity (Wildman–Crippen MR) is 79.4 cm³/mol. The van der Waals surface area contributed by atoms with Gasteiger partial charge in [0, 0.05) is 12.6 Å². The van der Waals surface area contributed by atoms with E-state index in [-0.39, 0.29) is 17.8 Å². The third kappa shape index (κ3) is 3.01. The molecule has 0 amide bonds. The van der Waals surface area contributed by atoms with E-state index in [2.05, 4.69) is 20.3 Å². The highest BCUT2D eigenvalue weighted by Crippen LogP contribution is 2.20. The van der Waals surface area contributed by atoms with Crippen molar-refractivity contribution in [1.29, 1.82) is 0 Å². The summed E-state index contributed by atoms with van der Waals surface area (Å²) in [6.45, 7) is 3.90. The maximum atomic E-state index is 12.0. The van der Waals surface area contributed by atoms with Crippen LogP contribution in [0.3, 0.4) is 0 Å². The van der Waals surface area contributed by atoms with Crippen LogP contribution in [0.2, 0.25) is 0 Å². The van der Waals surface area contributed by atoms with E-state index in [1.54, 1.807) is 12.3 Å². The molecule has 2 heterocycles. The van der Waals surface area contributed by atoms with E-state index in [9.17, 15) is 4.79 Å². The Hall–Kier alpha value is -2.24. The van der Waals surface area contributed by atoms with Gasteiger partial charge in [-0.3, -0.25) is 9.78 Å². The number of nitrogens with zero attached hydrogens (tertiary/aromatic N) is 3. The third-order valence-corrected chi connectivity index (χ3v) is 3.10. The van der Waals surface area contributed by atoms with E-state index in [1.165, 1.54) is 0 Å². The summed E-state index contributed by atoms with van der Waals surface area (Å²) in [5.41, 5.74) is 7.01. The molecule has 6 heteroatoms. The van der Waals surface area contributed by atoms with Gasteiger partial charge in [-0.1, -0.05) is 20.3 Å². The van der Waals surface area contributed by atoms with Crippen LogP contribution < -0.4 is 11.1 Å². The number of aromatic nitrogens is 3. The molecule has 0 unspecified atom stereocenters. The molecule has 0 spiro atoms. The van der Waals surface area contributed by atoms with Gasteiger partial charge in [-0.15, -0.1) is 0 Å². The second kappa shape index (κ2) is 6.27. The summed E-state index contributed by atoms with van der Waals surface area (Å²) in [4.78, 5) is 24.6. The van der Waals surface area contributed by atoms with Crippen molar-refractivity contribution in [1.82, 2.24) is 15.0 Å². The Balaban J connectivity index is 2.38. The number of fused-ring (bicyclic) bond motifs is 1. The fourth-order valence-electron chi connectivity index (χ4n) is 2.10. The first-order valence-corrected chi connectivity index (χ1v) is 6.83.